The molecule has 1 unspecified atom stereocenters. The highest BCUT2D eigenvalue weighted by Gasteiger charge is 2.51. The van der Waals surface area contributed by atoms with E-state index < -0.39 is 11.8 Å². The Hall–Kier alpha value is -2.90. The number of carbonyl (C=O) groups excluding carboxylic acids is 2. The predicted molar refractivity (Wildman–Crippen MR) is 116 cm³/mol. The zero-order valence-electron chi connectivity index (χ0n) is 17.9. The number of nitrogens with one attached hydrogen (secondary N) is 2. The maximum absolute atomic E-state index is 12.9. The van der Waals surface area contributed by atoms with Crippen LogP contribution in [0.4, 0.5) is 0 Å². The number of amides is 2. The second-order valence-electron chi connectivity index (χ2n) is 9.08. The van der Waals surface area contributed by atoms with Crippen LogP contribution in [0.5, 0.6) is 5.75 Å². The molecule has 2 heterocycles. The van der Waals surface area contributed by atoms with Crippen molar-refractivity contribution >= 4 is 11.8 Å². The van der Waals surface area contributed by atoms with Crippen LogP contribution in [0.2, 0.25) is 0 Å². The van der Waals surface area contributed by atoms with E-state index in [0.29, 0.717) is 25.0 Å². The van der Waals surface area contributed by atoms with Gasteiger partial charge in [0.25, 0.3) is 5.91 Å². The Morgan fingerprint density at radius 1 is 1.06 bits per heavy atom. The molecule has 1 spiro atoms. The lowest BCUT2D eigenvalue weighted by Crippen LogP contribution is -2.43. The number of hydrogen-bond acceptors (Lipinski definition) is 5. The number of hydrogen-bond donors (Lipinski definition) is 3. The number of hydroxylamine groups is 1. The zero-order chi connectivity index (χ0) is 22.1. The smallest absolute Gasteiger partial charge is 0.251 e. The summed E-state index contributed by atoms with van der Waals surface area (Å²) in [5.74, 6) is -0.310. The molecule has 3 N–H and O–H groups in total. The standard InChI is InChI=1S/C25H28N2O5/c28-23(26-20-15-25(12-3-13-31-25)14-19(20)24(29)27-30)18-8-6-17(7-9-18)22-11-10-16-4-1-2-5-21(16)32-22/h1-2,4-9,19-20,22,30H,3,10-15H2,(H,26,28)(H,27,29)/t19-,20+,22?,25+/m0/s1. The van der Waals surface area contributed by atoms with E-state index in [2.05, 4.69) is 11.4 Å². The molecule has 2 fully saturated rings. The third-order valence-electron chi connectivity index (χ3n) is 7.08. The van der Waals surface area contributed by atoms with Crippen LogP contribution in [0.25, 0.3) is 0 Å². The number of rotatable bonds is 4. The van der Waals surface area contributed by atoms with Gasteiger partial charge in [0.05, 0.1) is 11.5 Å². The molecule has 32 heavy (non-hydrogen) atoms. The van der Waals surface area contributed by atoms with Crippen LogP contribution in [0.15, 0.2) is 48.5 Å². The second kappa shape index (κ2) is 8.56. The molecule has 7 heteroatoms. The van der Waals surface area contributed by atoms with Crippen molar-refractivity contribution in [2.24, 2.45) is 5.92 Å². The molecule has 0 aromatic heterocycles. The lowest BCUT2D eigenvalue weighted by atomic mass is 9.96. The highest BCUT2D eigenvalue weighted by Crippen LogP contribution is 2.44. The molecular weight excluding hydrogens is 408 g/mol. The van der Waals surface area contributed by atoms with E-state index in [-0.39, 0.29) is 23.7 Å². The van der Waals surface area contributed by atoms with Crippen molar-refractivity contribution in [3.05, 3.63) is 65.2 Å². The van der Waals surface area contributed by atoms with E-state index >= 15 is 0 Å². The molecule has 5 rings (SSSR count). The third kappa shape index (κ3) is 3.98. The number of para-hydroxylation sites is 1. The first-order valence-electron chi connectivity index (χ1n) is 11.3. The lowest BCUT2D eigenvalue weighted by molar-refractivity contribution is -0.134. The van der Waals surface area contributed by atoms with Crippen LogP contribution in [-0.2, 0) is 16.0 Å². The number of aryl methyl sites for hydroxylation is 1. The van der Waals surface area contributed by atoms with E-state index in [1.54, 1.807) is 17.6 Å². The van der Waals surface area contributed by atoms with E-state index in [9.17, 15) is 9.59 Å². The summed E-state index contributed by atoms with van der Waals surface area (Å²) in [6.07, 6.45) is 4.72. The largest absolute Gasteiger partial charge is 0.485 e. The maximum Gasteiger partial charge on any atom is 0.251 e. The quantitative estimate of drug-likeness (QED) is 0.505. The molecular formula is C25H28N2O5. The summed E-state index contributed by atoms with van der Waals surface area (Å²) >= 11 is 0. The highest BCUT2D eigenvalue weighted by molar-refractivity contribution is 5.95. The molecule has 4 atom stereocenters. The lowest BCUT2D eigenvalue weighted by Gasteiger charge is -2.26. The third-order valence-corrected chi connectivity index (χ3v) is 7.08. The second-order valence-corrected chi connectivity index (χ2v) is 9.08. The first-order chi connectivity index (χ1) is 15.6. The Balaban J connectivity index is 1.26. The minimum absolute atomic E-state index is 0.0335. The van der Waals surface area contributed by atoms with Gasteiger partial charge in [-0.15, -0.1) is 0 Å². The van der Waals surface area contributed by atoms with Gasteiger partial charge >= 0.3 is 0 Å². The fourth-order valence-corrected chi connectivity index (χ4v) is 5.42. The van der Waals surface area contributed by atoms with Gasteiger partial charge in [-0.2, -0.15) is 0 Å². The summed E-state index contributed by atoms with van der Waals surface area (Å²) in [6.45, 7) is 0.670. The van der Waals surface area contributed by atoms with E-state index in [0.717, 1.165) is 37.0 Å². The molecule has 168 valence electrons. The molecule has 1 saturated carbocycles. The molecule has 2 aromatic carbocycles. The normalized spacial score (nSPS) is 28.7. The SMILES string of the molecule is O=C(N[C@@H]1C[C@@]2(CCCO2)C[C@@H]1C(=O)NO)c1ccc(C2CCc3ccccc3O2)cc1. The van der Waals surface area contributed by atoms with Crippen molar-refractivity contribution in [2.45, 2.75) is 56.3 Å². The average Bonchev–Trinajstić information content (AvgIpc) is 3.44. The van der Waals surface area contributed by atoms with Crippen molar-refractivity contribution in [3.63, 3.8) is 0 Å². The minimum Gasteiger partial charge on any atom is -0.485 e. The van der Waals surface area contributed by atoms with Crippen LogP contribution in [0, 0.1) is 5.92 Å². The molecule has 2 amide bonds. The molecule has 2 aromatic rings. The predicted octanol–water partition coefficient (Wildman–Crippen LogP) is 3.32. The summed E-state index contributed by atoms with van der Waals surface area (Å²) in [7, 11) is 0. The number of fused-ring (bicyclic) bond motifs is 1. The Kier molecular flexibility index (Phi) is 5.61. The Labute approximate surface area is 187 Å². The number of ether oxygens (including phenoxy) is 2. The molecule has 3 aliphatic rings. The van der Waals surface area contributed by atoms with Crippen molar-refractivity contribution in [2.75, 3.05) is 6.61 Å². The van der Waals surface area contributed by atoms with Crippen molar-refractivity contribution < 1.29 is 24.3 Å². The number of carbonyl (C=O) groups is 2. The highest BCUT2D eigenvalue weighted by atomic mass is 16.5. The topological polar surface area (TPSA) is 96.9 Å². The van der Waals surface area contributed by atoms with Gasteiger partial charge in [-0.25, -0.2) is 5.48 Å². The zero-order valence-corrected chi connectivity index (χ0v) is 17.9. The minimum atomic E-state index is -0.517. The van der Waals surface area contributed by atoms with Gasteiger partial charge in [-0.05, 0) is 67.9 Å². The summed E-state index contributed by atoms with van der Waals surface area (Å²) in [5.41, 5.74) is 4.15. The Morgan fingerprint density at radius 2 is 1.88 bits per heavy atom. The van der Waals surface area contributed by atoms with E-state index in [1.165, 1.54) is 5.56 Å². The van der Waals surface area contributed by atoms with Gasteiger partial charge < -0.3 is 14.8 Å². The number of benzene rings is 2. The van der Waals surface area contributed by atoms with Gasteiger partial charge in [-0.1, -0.05) is 30.3 Å². The van der Waals surface area contributed by atoms with Gasteiger partial charge in [0, 0.05) is 18.2 Å². The summed E-state index contributed by atoms with van der Waals surface area (Å²) in [6, 6.07) is 15.2. The average molecular weight is 437 g/mol. The van der Waals surface area contributed by atoms with Crippen LogP contribution in [-0.4, -0.2) is 35.3 Å². The molecule has 0 radical (unpaired) electrons. The Morgan fingerprint density at radius 3 is 2.62 bits per heavy atom. The van der Waals surface area contributed by atoms with Gasteiger partial charge in [0.2, 0.25) is 5.91 Å². The first kappa shape index (κ1) is 21.0. The summed E-state index contributed by atoms with van der Waals surface area (Å²) in [5, 5.41) is 12.1. The molecule has 1 aliphatic carbocycles. The monoisotopic (exact) mass is 436 g/mol. The van der Waals surface area contributed by atoms with Crippen LogP contribution in [0.1, 0.15) is 59.7 Å². The summed E-state index contributed by atoms with van der Waals surface area (Å²) in [4.78, 5) is 25.1. The van der Waals surface area contributed by atoms with E-state index in [1.807, 2.05) is 30.3 Å². The fraction of sp³-hybridized carbons (Fsp3) is 0.440. The van der Waals surface area contributed by atoms with Crippen LogP contribution >= 0.6 is 0 Å². The van der Waals surface area contributed by atoms with Gasteiger partial charge in [0.15, 0.2) is 0 Å². The van der Waals surface area contributed by atoms with Gasteiger partial charge in [0.1, 0.15) is 11.9 Å². The first-order valence-corrected chi connectivity index (χ1v) is 11.3. The van der Waals surface area contributed by atoms with Gasteiger partial charge in [-0.3, -0.25) is 14.8 Å². The molecule has 0 bridgehead atoms. The van der Waals surface area contributed by atoms with Crippen LogP contribution < -0.4 is 15.5 Å². The molecule has 7 nitrogen and oxygen atoms in total. The Bertz CT molecular complexity index is 1000. The van der Waals surface area contributed by atoms with Crippen molar-refractivity contribution in [3.8, 4) is 5.75 Å². The molecule has 1 saturated heterocycles. The van der Waals surface area contributed by atoms with Crippen molar-refractivity contribution in [1.29, 1.82) is 0 Å². The van der Waals surface area contributed by atoms with E-state index in [4.69, 9.17) is 14.7 Å². The summed E-state index contributed by atoms with van der Waals surface area (Å²) < 4.78 is 12.1. The van der Waals surface area contributed by atoms with Crippen LogP contribution in [0.3, 0.4) is 0 Å². The fourth-order valence-electron chi connectivity index (χ4n) is 5.42. The maximum atomic E-state index is 12.9. The van der Waals surface area contributed by atoms with Crippen molar-refractivity contribution in [1.82, 2.24) is 10.8 Å². The molecule has 2 aliphatic heterocycles.